The second-order valence-corrected chi connectivity index (χ2v) is 4.39. The van der Waals surface area contributed by atoms with E-state index in [1.165, 1.54) is 12.3 Å². The Hall–Kier alpha value is -2.50. The molecule has 0 fully saturated rings. The Morgan fingerprint density at radius 3 is 2.75 bits per heavy atom. The first-order valence-corrected chi connectivity index (χ1v) is 6.23. The fraction of sp³-hybridized carbons (Fsp3) is 0.214. The summed E-state index contributed by atoms with van der Waals surface area (Å²) >= 11 is 0. The summed E-state index contributed by atoms with van der Waals surface area (Å²) < 4.78 is 12.9. The van der Waals surface area contributed by atoms with E-state index < -0.39 is 0 Å². The fourth-order valence-corrected chi connectivity index (χ4v) is 1.80. The summed E-state index contributed by atoms with van der Waals surface area (Å²) in [5, 5.41) is 7.32. The fourth-order valence-electron chi connectivity index (χ4n) is 1.80. The van der Waals surface area contributed by atoms with Crippen LogP contribution < -0.4 is 10.6 Å². The largest absolute Gasteiger partial charge is 0.388 e. The summed E-state index contributed by atoms with van der Waals surface area (Å²) in [4.78, 5) is 10.1. The Balaban J connectivity index is 2.15. The molecule has 0 aromatic carbocycles. The molecule has 20 heavy (non-hydrogen) atoms. The van der Waals surface area contributed by atoms with E-state index in [-0.39, 0.29) is 11.7 Å². The smallest absolute Gasteiger partial charge is 0.141 e. The summed E-state index contributed by atoms with van der Waals surface area (Å²) in [6.45, 7) is 1.13. The number of anilines is 1. The molecule has 2 aromatic rings. The van der Waals surface area contributed by atoms with E-state index >= 15 is 0 Å². The van der Waals surface area contributed by atoms with Crippen LogP contribution in [0.2, 0.25) is 0 Å². The molecule has 5 nitrogen and oxygen atoms in total. The van der Waals surface area contributed by atoms with Gasteiger partial charge in [0.1, 0.15) is 11.6 Å². The van der Waals surface area contributed by atoms with Gasteiger partial charge in [-0.15, -0.1) is 0 Å². The molecule has 0 unspecified atom stereocenters. The number of nitrogens with two attached hydrogens (primary N) is 1. The molecule has 104 valence electrons. The van der Waals surface area contributed by atoms with Gasteiger partial charge in [-0.05, 0) is 23.8 Å². The Labute approximate surface area is 116 Å². The Bertz CT molecular complexity index is 556. The van der Waals surface area contributed by atoms with E-state index in [1.807, 2.05) is 17.0 Å². The highest BCUT2D eigenvalue weighted by Gasteiger charge is 2.09. The first kappa shape index (κ1) is 13.9. The molecule has 0 aliphatic rings. The molecular formula is C14H16FN5. The minimum atomic E-state index is -0.373. The average Bonchev–Trinajstić information content (AvgIpc) is 2.45. The molecule has 6 heteroatoms. The maximum atomic E-state index is 12.9. The molecule has 0 aliphatic carbocycles. The summed E-state index contributed by atoms with van der Waals surface area (Å²) in [6, 6.07) is 6.80. The van der Waals surface area contributed by atoms with Crippen LogP contribution in [0.1, 0.15) is 12.0 Å². The van der Waals surface area contributed by atoms with Crippen LogP contribution in [0.3, 0.4) is 0 Å². The van der Waals surface area contributed by atoms with Crippen LogP contribution in [0, 0.1) is 11.2 Å². The first-order valence-electron chi connectivity index (χ1n) is 6.23. The lowest BCUT2D eigenvalue weighted by Gasteiger charge is -2.23. The highest BCUT2D eigenvalue weighted by molar-refractivity contribution is 5.77. The molecule has 3 N–H and O–H groups in total. The van der Waals surface area contributed by atoms with Crippen LogP contribution in [-0.4, -0.2) is 22.3 Å². The molecule has 2 aromatic heterocycles. The number of aromatic nitrogens is 2. The lowest BCUT2D eigenvalue weighted by Crippen LogP contribution is -2.28. The van der Waals surface area contributed by atoms with Crippen LogP contribution in [-0.2, 0) is 6.54 Å². The molecule has 2 rings (SSSR count). The number of amidine groups is 1. The monoisotopic (exact) mass is 273 g/mol. The standard InChI is InChI=1S/C14H16FN5/c15-12-3-4-14(19-9-12)20(7-5-13(16)17)10-11-2-1-6-18-8-11/h1-4,6,8-9H,5,7,10H2,(H3,16,17). The third kappa shape index (κ3) is 4.01. The Morgan fingerprint density at radius 1 is 1.30 bits per heavy atom. The van der Waals surface area contributed by atoms with Gasteiger partial charge >= 0.3 is 0 Å². The van der Waals surface area contributed by atoms with Gasteiger partial charge in [0.05, 0.1) is 12.0 Å². The van der Waals surface area contributed by atoms with Gasteiger partial charge in [0.2, 0.25) is 0 Å². The molecule has 2 heterocycles. The number of hydrogen-bond donors (Lipinski definition) is 2. The van der Waals surface area contributed by atoms with E-state index in [1.54, 1.807) is 18.5 Å². The topological polar surface area (TPSA) is 78.9 Å². The van der Waals surface area contributed by atoms with Crippen molar-refractivity contribution in [1.29, 1.82) is 5.41 Å². The summed E-state index contributed by atoms with van der Waals surface area (Å²) in [5.41, 5.74) is 6.42. The number of pyridine rings is 2. The summed E-state index contributed by atoms with van der Waals surface area (Å²) in [7, 11) is 0. The SMILES string of the molecule is N=C(N)CCN(Cc1cccnc1)c1ccc(F)cn1. The lowest BCUT2D eigenvalue weighted by molar-refractivity contribution is 0.620. The van der Waals surface area contributed by atoms with Crippen molar-refractivity contribution in [3.8, 4) is 0 Å². The van der Waals surface area contributed by atoms with Crippen LogP contribution >= 0.6 is 0 Å². The van der Waals surface area contributed by atoms with Gasteiger partial charge < -0.3 is 10.6 Å². The Kier molecular flexibility index (Phi) is 4.60. The quantitative estimate of drug-likeness (QED) is 0.623. The number of rotatable bonds is 6. The molecule has 0 saturated carbocycles. The minimum Gasteiger partial charge on any atom is -0.388 e. The van der Waals surface area contributed by atoms with Crippen molar-refractivity contribution < 1.29 is 4.39 Å². The van der Waals surface area contributed by atoms with Gasteiger partial charge in [-0.3, -0.25) is 10.4 Å². The average molecular weight is 273 g/mol. The zero-order valence-electron chi connectivity index (χ0n) is 11.0. The number of nitrogens with one attached hydrogen (secondary N) is 1. The highest BCUT2D eigenvalue weighted by atomic mass is 19.1. The summed E-state index contributed by atoms with van der Waals surface area (Å²) in [6.07, 6.45) is 5.09. The molecule has 0 spiro atoms. The Morgan fingerprint density at radius 2 is 2.15 bits per heavy atom. The van der Waals surface area contributed by atoms with Crippen LogP contribution in [0.4, 0.5) is 10.2 Å². The van der Waals surface area contributed by atoms with Crippen molar-refractivity contribution in [3.63, 3.8) is 0 Å². The normalized spacial score (nSPS) is 10.2. The third-order valence-electron chi connectivity index (χ3n) is 2.78. The first-order chi connectivity index (χ1) is 9.65. The van der Waals surface area contributed by atoms with Crippen molar-refractivity contribution in [1.82, 2.24) is 9.97 Å². The highest BCUT2D eigenvalue weighted by Crippen LogP contribution is 2.14. The maximum absolute atomic E-state index is 12.9. The van der Waals surface area contributed by atoms with E-state index in [4.69, 9.17) is 11.1 Å². The van der Waals surface area contributed by atoms with Crippen molar-refractivity contribution >= 4 is 11.7 Å². The van der Waals surface area contributed by atoms with Gasteiger partial charge in [0.15, 0.2) is 0 Å². The van der Waals surface area contributed by atoms with Crippen molar-refractivity contribution in [2.75, 3.05) is 11.4 Å². The molecular weight excluding hydrogens is 257 g/mol. The molecule has 0 aliphatic heterocycles. The summed E-state index contributed by atoms with van der Waals surface area (Å²) in [5.74, 6) is 0.390. The maximum Gasteiger partial charge on any atom is 0.141 e. The van der Waals surface area contributed by atoms with Crippen molar-refractivity contribution in [2.45, 2.75) is 13.0 Å². The zero-order valence-corrected chi connectivity index (χ0v) is 11.0. The predicted molar refractivity (Wildman–Crippen MR) is 76.0 cm³/mol. The van der Waals surface area contributed by atoms with Gasteiger partial charge in [-0.2, -0.15) is 0 Å². The van der Waals surface area contributed by atoms with Crippen LogP contribution in [0.5, 0.6) is 0 Å². The van der Waals surface area contributed by atoms with Gasteiger partial charge in [-0.1, -0.05) is 6.07 Å². The molecule has 0 amide bonds. The van der Waals surface area contributed by atoms with Crippen molar-refractivity contribution in [2.24, 2.45) is 5.73 Å². The number of halogens is 1. The second kappa shape index (κ2) is 6.60. The predicted octanol–water partition coefficient (Wildman–Crippen LogP) is 1.95. The minimum absolute atomic E-state index is 0.114. The molecule has 0 bridgehead atoms. The van der Waals surface area contributed by atoms with E-state index in [2.05, 4.69) is 9.97 Å². The van der Waals surface area contributed by atoms with E-state index in [0.717, 1.165) is 5.56 Å². The second-order valence-electron chi connectivity index (χ2n) is 4.39. The number of hydrogen-bond acceptors (Lipinski definition) is 4. The van der Waals surface area contributed by atoms with E-state index in [9.17, 15) is 4.39 Å². The van der Waals surface area contributed by atoms with Gasteiger partial charge in [-0.25, -0.2) is 9.37 Å². The van der Waals surface area contributed by atoms with Gasteiger partial charge in [0.25, 0.3) is 0 Å². The lowest BCUT2D eigenvalue weighted by atomic mass is 10.2. The van der Waals surface area contributed by atoms with Gasteiger partial charge in [0, 0.05) is 31.9 Å². The third-order valence-corrected chi connectivity index (χ3v) is 2.78. The molecule has 0 saturated heterocycles. The van der Waals surface area contributed by atoms with Crippen molar-refractivity contribution in [3.05, 3.63) is 54.2 Å². The van der Waals surface area contributed by atoms with Crippen LogP contribution in [0.15, 0.2) is 42.9 Å². The number of nitrogens with zero attached hydrogens (tertiary/aromatic N) is 3. The molecule has 0 radical (unpaired) electrons. The van der Waals surface area contributed by atoms with E-state index in [0.29, 0.717) is 25.3 Å². The zero-order chi connectivity index (χ0) is 14.4. The molecule has 0 atom stereocenters. The van der Waals surface area contributed by atoms with Crippen LogP contribution in [0.25, 0.3) is 0 Å².